The second kappa shape index (κ2) is 8.10. The van der Waals surface area contributed by atoms with Crippen LogP contribution >= 0.6 is 0 Å². The summed E-state index contributed by atoms with van der Waals surface area (Å²) in [6.45, 7) is 5.23. The zero-order chi connectivity index (χ0) is 23.2. The van der Waals surface area contributed by atoms with Gasteiger partial charge in [-0.25, -0.2) is 9.20 Å². The SMILES string of the molecule is CCC1CN(C(=O)c2cnn(-c3nn4cccc4c(=O)[nH]3)c2C)C(CC)CC1C(F)(F)F. The maximum atomic E-state index is 13.6. The van der Waals surface area contributed by atoms with Gasteiger partial charge < -0.3 is 4.90 Å². The van der Waals surface area contributed by atoms with E-state index in [9.17, 15) is 22.8 Å². The van der Waals surface area contributed by atoms with Crippen LogP contribution in [0, 0.1) is 18.8 Å². The lowest BCUT2D eigenvalue weighted by molar-refractivity contribution is -0.204. The van der Waals surface area contributed by atoms with Gasteiger partial charge in [-0.1, -0.05) is 20.3 Å². The first-order valence-corrected chi connectivity index (χ1v) is 10.7. The van der Waals surface area contributed by atoms with E-state index in [0.29, 0.717) is 24.1 Å². The third kappa shape index (κ3) is 3.69. The monoisotopic (exact) mass is 450 g/mol. The van der Waals surface area contributed by atoms with Crippen molar-refractivity contribution < 1.29 is 18.0 Å². The van der Waals surface area contributed by atoms with Crippen molar-refractivity contribution >= 4 is 11.4 Å². The number of nitrogens with one attached hydrogen (secondary N) is 1. The molecule has 4 heterocycles. The van der Waals surface area contributed by atoms with Crippen LogP contribution in [-0.4, -0.2) is 53.9 Å². The molecule has 0 bridgehead atoms. The maximum Gasteiger partial charge on any atom is 0.392 e. The molecule has 8 nitrogen and oxygen atoms in total. The average molecular weight is 450 g/mol. The highest BCUT2D eigenvalue weighted by molar-refractivity contribution is 5.95. The minimum atomic E-state index is -4.28. The third-order valence-electron chi connectivity index (χ3n) is 6.47. The summed E-state index contributed by atoms with van der Waals surface area (Å²) in [6, 6.07) is 2.81. The quantitative estimate of drug-likeness (QED) is 0.660. The molecule has 11 heteroatoms. The number of rotatable bonds is 4. The summed E-state index contributed by atoms with van der Waals surface area (Å²) in [5, 5.41) is 8.54. The third-order valence-corrected chi connectivity index (χ3v) is 6.47. The summed E-state index contributed by atoms with van der Waals surface area (Å²) in [4.78, 5) is 29.9. The molecule has 32 heavy (non-hydrogen) atoms. The van der Waals surface area contributed by atoms with Crippen molar-refractivity contribution in [3.63, 3.8) is 0 Å². The molecule has 0 aromatic carbocycles. The Labute approximate surface area is 182 Å². The summed E-state index contributed by atoms with van der Waals surface area (Å²) in [7, 11) is 0. The van der Waals surface area contributed by atoms with Crippen molar-refractivity contribution in [2.75, 3.05) is 6.54 Å². The number of hydrogen-bond donors (Lipinski definition) is 1. The molecule has 1 fully saturated rings. The average Bonchev–Trinajstić information content (AvgIpc) is 3.38. The Balaban J connectivity index is 1.66. The van der Waals surface area contributed by atoms with E-state index in [4.69, 9.17) is 0 Å². The molecule has 172 valence electrons. The highest BCUT2D eigenvalue weighted by atomic mass is 19.4. The maximum absolute atomic E-state index is 13.6. The number of aromatic nitrogens is 5. The Morgan fingerprint density at radius 1 is 1.28 bits per heavy atom. The first-order chi connectivity index (χ1) is 15.2. The van der Waals surface area contributed by atoms with Gasteiger partial charge in [0.15, 0.2) is 0 Å². The molecule has 1 amide bonds. The van der Waals surface area contributed by atoms with Crippen LogP contribution in [0.4, 0.5) is 13.2 Å². The zero-order valence-corrected chi connectivity index (χ0v) is 18.1. The second-order valence-corrected chi connectivity index (χ2v) is 8.24. The van der Waals surface area contributed by atoms with Gasteiger partial charge in [0.25, 0.3) is 11.5 Å². The molecule has 0 saturated carbocycles. The topological polar surface area (TPSA) is 88.3 Å². The number of H-pyrrole nitrogens is 1. The van der Waals surface area contributed by atoms with Gasteiger partial charge in [0, 0.05) is 18.8 Å². The largest absolute Gasteiger partial charge is 0.392 e. The Hall–Kier alpha value is -3.11. The summed E-state index contributed by atoms with van der Waals surface area (Å²) >= 11 is 0. The molecule has 0 aliphatic carbocycles. The molecular formula is C21H25F3N6O2. The highest BCUT2D eigenvalue weighted by Crippen LogP contribution is 2.42. The van der Waals surface area contributed by atoms with Crippen LogP contribution in [-0.2, 0) is 0 Å². The molecule has 0 spiro atoms. The van der Waals surface area contributed by atoms with Crippen molar-refractivity contribution in [3.05, 3.63) is 46.1 Å². The van der Waals surface area contributed by atoms with Gasteiger partial charge in [-0.15, -0.1) is 5.10 Å². The Morgan fingerprint density at radius 2 is 2.03 bits per heavy atom. The van der Waals surface area contributed by atoms with Crippen molar-refractivity contribution in [2.45, 2.75) is 52.3 Å². The molecule has 3 unspecified atom stereocenters. The number of alkyl halides is 3. The fraction of sp³-hybridized carbons (Fsp3) is 0.524. The van der Waals surface area contributed by atoms with E-state index in [1.807, 2.05) is 0 Å². The lowest BCUT2D eigenvalue weighted by Gasteiger charge is -2.44. The van der Waals surface area contributed by atoms with Crippen LogP contribution < -0.4 is 5.56 Å². The number of halogens is 3. The van der Waals surface area contributed by atoms with Crippen LogP contribution in [0.3, 0.4) is 0 Å². The van der Waals surface area contributed by atoms with E-state index in [-0.39, 0.29) is 35.9 Å². The van der Waals surface area contributed by atoms with Crippen LogP contribution in [0.1, 0.15) is 49.2 Å². The fourth-order valence-corrected chi connectivity index (χ4v) is 4.61. The number of piperidine rings is 1. The molecule has 3 aromatic heterocycles. The highest BCUT2D eigenvalue weighted by Gasteiger charge is 2.49. The number of likely N-dealkylation sites (tertiary alicyclic amines) is 1. The van der Waals surface area contributed by atoms with Gasteiger partial charge >= 0.3 is 6.18 Å². The van der Waals surface area contributed by atoms with Crippen LogP contribution in [0.25, 0.3) is 11.5 Å². The summed E-state index contributed by atoms with van der Waals surface area (Å²) in [5.41, 5.74) is 0.747. The van der Waals surface area contributed by atoms with Gasteiger partial charge in [-0.3, -0.25) is 14.6 Å². The number of carbonyl (C=O) groups is 1. The van der Waals surface area contributed by atoms with E-state index in [2.05, 4.69) is 15.2 Å². The number of aromatic amines is 1. The smallest absolute Gasteiger partial charge is 0.335 e. The van der Waals surface area contributed by atoms with Crippen molar-refractivity contribution in [3.8, 4) is 5.95 Å². The first-order valence-electron chi connectivity index (χ1n) is 10.7. The van der Waals surface area contributed by atoms with Crippen LogP contribution in [0.5, 0.6) is 0 Å². The molecule has 3 atom stereocenters. The molecule has 1 N–H and O–H groups in total. The first kappa shape index (κ1) is 22.1. The molecule has 1 saturated heterocycles. The van der Waals surface area contributed by atoms with Gasteiger partial charge in [-0.2, -0.15) is 18.3 Å². The van der Waals surface area contributed by atoms with Gasteiger partial charge in [0.2, 0.25) is 5.95 Å². The Bertz CT molecular complexity index is 1190. The number of hydrogen-bond acceptors (Lipinski definition) is 4. The Kier molecular flexibility index (Phi) is 5.59. The summed E-state index contributed by atoms with van der Waals surface area (Å²) < 4.78 is 43.4. The summed E-state index contributed by atoms with van der Waals surface area (Å²) in [5.74, 6) is -2.27. The standard InChI is InChI=1S/C21H25F3N6O2/c1-4-13-11-28(14(5-2)9-16(13)21(22,23)24)19(32)15-10-25-30(12(15)3)20-26-18(31)17-7-6-8-29(17)27-20/h6-8,10,13-14,16H,4-5,9,11H2,1-3H3,(H,26,27,31). The van der Waals surface area contributed by atoms with Crippen LogP contribution in [0.15, 0.2) is 29.3 Å². The van der Waals surface area contributed by atoms with E-state index in [1.165, 1.54) is 15.4 Å². The molecule has 0 radical (unpaired) electrons. The molecule has 3 aromatic rings. The second-order valence-electron chi connectivity index (χ2n) is 8.24. The molecule has 1 aliphatic heterocycles. The lowest BCUT2D eigenvalue weighted by atomic mass is 9.79. The predicted octanol–water partition coefficient (Wildman–Crippen LogP) is 3.35. The number of nitrogens with zero attached hydrogens (tertiary/aromatic N) is 5. The van der Waals surface area contributed by atoms with Crippen molar-refractivity contribution in [1.82, 2.24) is 29.3 Å². The molecule has 1 aliphatic rings. The fourth-order valence-electron chi connectivity index (χ4n) is 4.61. The van der Waals surface area contributed by atoms with E-state index < -0.39 is 24.1 Å². The van der Waals surface area contributed by atoms with Crippen molar-refractivity contribution in [1.29, 1.82) is 0 Å². The Morgan fingerprint density at radius 3 is 2.69 bits per heavy atom. The zero-order valence-electron chi connectivity index (χ0n) is 18.1. The normalized spacial score (nSPS) is 21.9. The van der Waals surface area contributed by atoms with Crippen LogP contribution in [0.2, 0.25) is 0 Å². The lowest BCUT2D eigenvalue weighted by Crippen LogP contribution is -2.53. The van der Waals surface area contributed by atoms with E-state index in [0.717, 1.165) is 0 Å². The minimum Gasteiger partial charge on any atom is -0.335 e. The number of fused-ring (bicyclic) bond motifs is 1. The summed E-state index contributed by atoms with van der Waals surface area (Å²) in [6.07, 6.45) is -0.609. The van der Waals surface area contributed by atoms with Crippen molar-refractivity contribution in [2.24, 2.45) is 11.8 Å². The molecule has 4 rings (SSSR count). The number of amides is 1. The molecular weight excluding hydrogens is 425 g/mol. The van der Waals surface area contributed by atoms with E-state index >= 15 is 0 Å². The number of carbonyl (C=O) groups excluding carboxylic acids is 1. The van der Waals surface area contributed by atoms with E-state index in [1.54, 1.807) is 44.0 Å². The van der Waals surface area contributed by atoms with Gasteiger partial charge in [0.05, 0.1) is 23.4 Å². The van der Waals surface area contributed by atoms with Gasteiger partial charge in [0.1, 0.15) is 5.52 Å². The van der Waals surface area contributed by atoms with Gasteiger partial charge in [-0.05, 0) is 37.8 Å². The minimum absolute atomic E-state index is 0.0487. The predicted molar refractivity (Wildman–Crippen MR) is 111 cm³/mol.